The van der Waals surface area contributed by atoms with E-state index in [0.717, 1.165) is 22.5 Å². The van der Waals surface area contributed by atoms with Crippen molar-refractivity contribution >= 4 is 39.1 Å². The van der Waals surface area contributed by atoms with Gasteiger partial charge in [-0.25, -0.2) is 12.8 Å². The van der Waals surface area contributed by atoms with Gasteiger partial charge in [-0.2, -0.15) is 0 Å². The Hall–Kier alpha value is -3.43. The molecule has 2 amide bonds. The van der Waals surface area contributed by atoms with Gasteiger partial charge in [0, 0.05) is 37.0 Å². The molecule has 10 heteroatoms. The first-order valence-electron chi connectivity index (χ1n) is 13.6. The van der Waals surface area contributed by atoms with Crippen molar-refractivity contribution in [2.45, 2.75) is 58.2 Å². The summed E-state index contributed by atoms with van der Waals surface area (Å²) in [6, 6.07) is 20.9. The third-order valence-electron chi connectivity index (χ3n) is 6.84. The highest BCUT2D eigenvalue weighted by Gasteiger charge is 2.31. The zero-order valence-electron chi connectivity index (χ0n) is 23.6. The number of sulfonamides is 1. The summed E-state index contributed by atoms with van der Waals surface area (Å²) in [7, 11) is -3.69. The van der Waals surface area contributed by atoms with Crippen molar-refractivity contribution in [3.8, 4) is 0 Å². The van der Waals surface area contributed by atoms with Crippen molar-refractivity contribution < 1.29 is 22.4 Å². The van der Waals surface area contributed by atoms with Gasteiger partial charge in [-0.05, 0) is 61.2 Å². The van der Waals surface area contributed by atoms with Gasteiger partial charge in [0.1, 0.15) is 11.9 Å². The molecule has 0 spiro atoms. The molecule has 0 unspecified atom stereocenters. The molecular weight excluding hydrogens is 565 g/mol. The Morgan fingerprint density at radius 1 is 0.976 bits per heavy atom. The zero-order valence-corrected chi connectivity index (χ0v) is 25.2. The second kappa shape index (κ2) is 15.0. The summed E-state index contributed by atoms with van der Waals surface area (Å²) >= 11 is 6.46. The molecule has 3 aromatic rings. The normalized spacial score (nSPS) is 12.8. The molecule has 2 atom stereocenters. The van der Waals surface area contributed by atoms with Crippen molar-refractivity contribution in [3.63, 3.8) is 0 Å². The van der Waals surface area contributed by atoms with E-state index in [4.69, 9.17) is 11.6 Å². The van der Waals surface area contributed by atoms with Crippen LogP contribution in [0.1, 0.15) is 44.2 Å². The number of anilines is 1. The van der Waals surface area contributed by atoms with Crippen LogP contribution in [0, 0.1) is 5.82 Å². The first kappa shape index (κ1) is 32.1. The molecule has 0 aliphatic rings. The number of rotatable bonds is 14. The fraction of sp³-hybridized carbons (Fsp3) is 0.355. The fourth-order valence-electron chi connectivity index (χ4n) is 4.42. The maximum atomic E-state index is 13.8. The number of carbonyl (C=O) groups excluding carboxylic acids is 2. The lowest BCUT2D eigenvalue weighted by atomic mass is 10.0. The third-order valence-corrected chi connectivity index (χ3v) is 8.40. The highest BCUT2D eigenvalue weighted by molar-refractivity contribution is 7.92. The topological polar surface area (TPSA) is 86.8 Å². The van der Waals surface area contributed by atoms with Gasteiger partial charge in [-0.3, -0.25) is 13.9 Å². The maximum absolute atomic E-state index is 13.8. The molecule has 3 aromatic carbocycles. The number of halogens is 2. The Morgan fingerprint density at radius 3 is 2.22 bits per heavy atom. The Bertz CT molecular complexity index is 1400. The number of hydrogen-bond donors (Lipinski definition) is 1. The van der Waals surface area contributed by atoms with Crippen LogP contribution < -0.4 is 9.62 Å². The molecule has 0 aliphatic heterocycles. The van der Waals surface area contributed by atoms with Crippen molar-refractivity contribution in [1.29, 1.82) is 0 Å². The van der Waals surface area contributed by atoms with Crippen molar-refractivity contribution in [3.05, 3.63) is 101 Å². The van der Waals surface area contributed by atoms with E-state index < -0.39 is 21.9 Å². The van der Waals surface area contributed by atoms with E-state index in [-0.39, 0.29) is 43.8 Å². The summed E-state index contributed by atoms with van der Waals surface area (Å²) in [5.41, 5.74) is 1.90. The van der Waals surface area contributed by atoms with E-state index >= 15 is 0 Å². The molecule has 7 nitrogen and oxygen atoms in total. The van der Waals surface area contributed by atoms with Crippen LogP contribution in [0.5, 0.6) is 0 Å². The van der Waals surface area contributed by atoms with Gasteiger partial charge < -0.3 is 10.2 Å². The second-order valence-corrected chi connectivity index (χ2v) is 12.4. The lowest BCUT2D eigenvalue weighted by Gasteiger charge is -2.33. The molecule has 0 bridgehead atoms. The van der Waals surface area contributed by atoms with E-state index in [1.54, 1.807) is 12.1 Å². The Balaban J connectivity index is 1.89. The van der Waals surface area contributed by atoms with Gasteiger partial charge >= 0.3 is 0 Å². The molecule has 0 aliphatic carbocycles. The smallest absolute Gasteiger partial charge is 0.243 e. The molecular formula is C31H37ClFN3O4S. The molecule has 0 saturated heterocycles. The van der Waals surface area contributed by atoms with Gasteiger partial charge in [-0.15, -0.1) is 0 Å². The van der Waals surface area contributed by atoms with Gasteiger partial charge in [0.2, 0.25) is 21.8 Å². The summed E-state index contributed by atoms with van der Waals surface area (Å²) < 4.78 is 39.6. The summed E-state index contributed by atoms with van der Waals surface area (Å²) in [5.74, 6) is -1.06. The number of hydrogen-bond acceptors (Lipinski definition) is 4. The second-order valence-electron chi connectivity index (χ2n) is 10.1. The minimum atomic E-state index is -3.69. The Labute approximate surface area is 247 Å². The minimum absolute atomic E-state index is 0.0125. The SMILES string of the molecule is CC[C@@H](C)NC(=O)[C@H](Cc1ccccc1)N(Cc1ccccc1Cl)C(=O)CCCN(c1ccc(F)cc1)S(C)(=O)=O. The average Bonchev–Trinajstić information content (AvgIpc) is 2.94. The molecule has 0 heterocycles. The van der Waals surface area contributed by atoms with Crippen LogP contribution in [-0.4, -0.2) is 50.0 Å². The van der Waals surface area contributed by atoms with E-state index in [1.165, 1.54) is 29.2 Å². The number of nitrogens with one attached hydrogen (secondary N) is 1. The standard InChI is InChI=1S/C31H37ClFN3O4S/c1-4-23(2)34-31(38)29(21-24-11-6-5-7-12-24)35(22-25-13-8-9-14-28(25)32)30(37)15-10-20-36(41(3,39)40)27-18-16-26(33)17-19-27/h5-9,11-14,16-19,23,29H,4,10,15,20-22H2,1-3H3,(H,34,38)/t23-,29+/m1/s1. The van der Waals surface area contributed by atoms with Crippen LogP contribution >= 0.6 is 11.6 Å². The van der Waals surface area contributed by atoms with Crippen molar-refractivity contribution in [2.24, 2.45) is 0 Å². The summed E-state index contributed by atoms with van der Waals surface area (Å²) in [4.78, 5) is 29.0. The third kappa shape index (κ3) is 9.57. The summed E-state index contributed by atoms with van der Waals surface area (Å²) in [6.45, 7) is 4.00. The van der Waals surface area contributed by atoms with E-state index in [9.17, 15) is 22.4 Å². The van der Waals surface area contributed by atoms with Gasteiger partial charge in [0.15, 0.2) is 0 Å². The van der Waals surface area contributed by atoms with Crippen LogP contribution in [0.2, 0.25) is 5.02 Å². The Kier molecular flexibility index (Phi) is 11.7. The molecule has 3 rings (SSSR count). The molecule has 0 saturated carbocycles. The number of nitrogens with zero attached hydrogens (tertiary/aromatic N) is 2. The van der Waals surface area contributed by atoms with Crippen molar-refractivity contribution in [1.82, 2.24) is 10.2 Å². The van der Waals surface area contributed by atoms with Gasteiger partial charge in [0.05, 0.1) is 11.9 Å². The van der Waals surface area contributed by atoms with Crippen LogP contribution in [0.15, 0.2) is 78.9 Å². The van der Waals surface area contributed by atoms with E-state index in [0.29, 0.717) is 22.7 Å². The maximum Gasteiger partial charge on any atom is 0.243 e. The zero-order chi connectivity index (χ0) is 30.0. The highest BCUT2D eigenvalue weighted by atomic mass is 35.5. The highest BCUT2D eigenvalue weighted by Crippen LogP contribution is 2.23. The molecule has 0 radical (unpaired) electrons. The fourth-order valence-corrected chi connectivity index (χ4v) is 5.58. The Morgan fingerprint density at radius 2 is 1.61 bits per heavy atom. The van der Waals surface area contributed by atoms with Crippen molar-refractivity contribution in [2.75, 3.05) is 17.1 Å². The number of amides is 2. The summed E-state index contributed by atoms with van der Waals surface area (Å²) in [6.07, 6.45) is 2.27. The van der Waals surface area contributed by atoms with Crippen LogP contribution in [0.25, 0.3) is 0 Å². The molecule has 220 valence electrons. The van der Waals surface area contributed by atoms with E-state index in [2.05, 4.69) is 5.32 Å². The lowest BCUT2D eigenvalue weighted by Crippen LogP contribution is -2.52. The first-order chi connectivity index (χ1) is 19.5. The average molecular weight is 602 g/mol. The monoisotopic (exact) mass is 601 g/mol. The molecule has 0 aromatic heterocycles. The van der Waals surface area contributed by atoms with Gasteiger partial charge in [-0.1, -0.05) is 67.1 Å². The number of carbonyl (C=O) groups is 2. The predicted octanol–water partition coefficient (Wildman–Crippen LogP) is 5.58. The van der Waals surface area contributed by atoms with Crippen LogP contribution in [0.4, 0.5) is 10.1 Å². The molecule has 0 fully saturated rings. The molecule has 41 heavy (non-hydrogen) atoms. The molecule has 1 N–H and O–H groups in total. The van der Waals surface area contributed by atoms with E-state index in [1.807, 2.05) is 56.3 Å². The van der Waals surface area contributed by atoms with Crippen LogP contribution in [-0.2, 0) is 32.6 Å². The van der Waals surface area contributed by atoms with Gasteiger partial charge in [0.25, 0.3) is 0 Å². The van der Waals surface area contributed by atoms with Crippen LogP contribution in [0.3, 0.4) is 0 Å². The predicted molar refractivity (Wildman–Crippen MR) is 162 cm³/mol. The quantitative estimate of drug-likeness (QED) is 0.261. The first-order valence-corrected chi connectivity index (χ1v) is 15.8. The lowest BCUT2D eigenvalue weighted by molar-refractivity contribution is -0.141. The minimum Gasteiger partial charge on any atom is -0.352 e. The largest absolute Gasteiger partial charge is 0.352 e. The number of benzene rings is 3. The summed E-state index contributed by atoms with van der Waals surface area (Å²) in [5, 5.41) is 3.50.